The zero-order valence-corrected chi connectivity index (χ0v) is 21.9. The molecule has 2 unspecified atom stereocenters. The van der Waals surface area contributed by atoms with E-state index in [-0.39, 0.29) is 29.0 Å². The van der Waals surface area contributed by atoms with Crippen molar-refractivity contribution >= 4 is 38.6 Å². The fraction of sp³-hybridized carbons (Fsp3) is 0.385. The number of sulfonamides is 1. The number of nitrogens with zero attached hydrogens (tertiary/aromatic N) is 1. The van der Waals surface area contributed by atoms with Gasteiger partial charge >= 0.3 is 5.97 Å². The second-order valence-electron chi connectivity index (χ2n) is 9.21. The predicted octanol–water partition coefficient (Wildman–Crippen LogP) is 3.57. The second-order valence-corrected chi connectivity index (χ2v) is 11.2. The quantitative estimate of drug-likeness (QED) is 0.448. The summed E-state index contributed by atoms with van der Waals surface area (Å²) in [6.07, 6.45) is 0.446. The van der Waals surface area contributed by atoms with Crippen LogP contribution in [0.15, 0.2) is 40.8 Å². The molecule has 0 bridgehead atoms. The van der Waals surface area contributed by atoms with Crippen molar-refractivity contribution in [3.05, 3.63) is 53.3 Å². The van der Waals surface area contributed by atoms with Gasteiger partial charge in [-0.05, 0) is 62.2 Å². The van der Waals surface area contributed by atoms with Crippen LogP contribution in [0.4, 0.5) is 10.1 Å². The molecule has 9 nitrogen and oxygen atoms in total. The molecule has 2 heterocycles. The van der Waals surface area contributed by atoms with Crippen LogP contribution >= 0.6 is 0 Å². The lowest BCUT2D eigenvalue weighted by molar-refractivity contribution is -0.147. The van der Waals surface area contributed by atoms with E-state index in [4.69, 9.17) is 9.15 Å². The molecule has 198 valence electrons. The van der Waals surface area contributed by atoms with E-state index in [0.717, 1.165) is 0 Å². The third-order valence-electron chi connectivity index (χ3n) is 6.67. The van der Waals surface area contributed by atoms with Gasteiger partial charge in [0.1, 0.15) is 17.2 Å². The van der Waals surface area contributed by atoms with Crippen LogP contribution in [0.3, 0.4) is 0 Å². The first-order valence-electron chi connectivity index (χ1n) is 11.9. The van der Waals surface area contributed by atoms with Crippen molar-refractivity contribution in [2.75, 3.05) is 44.8 Å². The van der Waals surface area contributed by atoms with E-state index in [9.17, 15) is 22.4 Å². The van der Waals surface area contributed by atoms with E-state index in [2.05, 4.69) is 10.0 Å². The summed E-state index contributed by atoms with van der Waals surface area (Å²) in [5, 5.41) is 3.11. The molecule has 11 heteroatoms. The summed E-state index contributed by atoms with van der Waals surface area (Å²) in [7, 11) is 1.08. The SMILES string of the molecule is CCS(=O)(=O)Nc1cc2oc(-c3ccc(F)cc3)c(C(=O)NC)c2cc1C1CC(C(=O)OC)CN(C)C1. The normalized spacial score (nSPS) is 18.5. The summed E-state index contributed by atoms with van der Waals surface area (Å²) in [4.78, 5) is 27.4. The average molecular weight is 532 g/mol. The summed E-state index contributed by atoms with van der Waals surface area (Å²) < 4.78 is 52.4. The Balaban J connectivity index is 1.94. The summed E-state index contributed by atoms with van der Waals surface area (Å²) in [5.41, 5.74) is 2.01. The van der Waals surface area contributed by atoms with Gasteiger partial charge in [-0.15, -0.1) is 0 Å². The highest BCUT2D eigenvalue weighted by Gasteiger charge is 2.34. The lowest BCUT2D eigenvalue weighted by Gasteiger charge is -2.35. The van der Waals surface area contributed by atoms with E-state index in [0.29, 0.717) is 47.3 Å². The van der Waals surface area contributed by atoms with E-state index >= 15 is 0 Å². The first-order chi connectivity index (χ1) is 17.6. The number of esters is 1. The molecule has 3 aromatic rings. The molecular weight excluding hydrogens is 501 g/mol. The van der Waals surface area contributed by atoms with Gasteiger partial charge in [-0.1, -0.05) is 0 Å². The molecular formula is C26H30FN3O6S. The van der Waals surface area contributed by atoms with Crippen LogP contribution in [0, 0.1) is 11.7 Å². The smallest absolute Gasteiger partial charge is 0.309 e. The van der Waals surface area contributed by atoms with Gasteiger partial charge < -0.3 is 19.4 Å². The van der Waals surface area contributed by atoms with Crippen molar-refractivity contribution in [1.82, 2.24) is 10.2 Å². The lowest BCUT2D eigenvalue weighted by Crippen LogP contribution is -2.40. The molecule has 1 aliphatic heterocycles. The standard InChI is InChI=1S/C26H30FN3O6S/c1-5-37(33,34)29-21-12-22-20(11-19(21)16-10-17(26(32)35-4)14-30(3)13-16)23(25(31)28-2)24(36-22)15-6-8-18(27)9-7-15/h6-9,11-12,16-17,29H,5,10,13-14H2,1-4H3,(H,28,31). The number of carbonyl (C=O) groups excluding carboxylic acids is 2. The Hall–Kier alpha value is -3.44. The third kappa shape index (κ3) is 5.47. The Morgan fingerprint density at radius 1 is 1.19 bits per heavy atom. The van der Waals surface area contributed by atoms with E-state index in [1.807, 2.05) is 11.9 Å². The highest BCUT2D eigenvalue weighted by Crippen LogP contribution is 2.41. The predicted molar refractivity (Wildman–Crippen MR) is 138 cm³/mol. The number of rotatable bonds is 7. The number of furan rings is 1. The molecule has 2 atom stereocenters. The first-order valence-corrected chi connectivity index (χ1v) is 13.6. The number of anilines is 1. The van der Waals surface area contributed by atoms with Gasteiger partial charge in [0.15, 0.2) is 0 Å². The number of carbonyl (C=O) groups is 2. The van der Waals surface area contributed by atoms with Crippen molar-refractivity contribution in [3.63, 3.8) is 0 Å². The Bertz CT molecular complexity index is 1430. The van der Waals surface area contributed by atoms with E-state index in [1.165, 1.54) is 45.3 Å². The molecule has 4 rings (SSSR count). The number of benzene rings is 2. The van der Waals surface area contributed by atoms with Gasteiger partial charge in [0.05, 0.1) is 30.0 Å². The number of nitrogens with one attached hydrogen (secondary N) is 2. The molecule has 2 aromatic carbocycles. The van der Waals surface area contributed by atoms with Crippen LogP contribution in [0.2, 0.25) is 0 Å². The van der Waals surface area contributed by atoms with Gasteiger partial charge in [0.2, 0.25) is 10.0 Å². The number of ether oxygens (including phenoxy) is 1. The van der Waals surface area contributed by atoms with Crippen LogP contribution in [0.5, 0.6) is 0 Å². The number of halogens is 1. The van der Waals surface area contributed by atoms with E-state index < -0.39 is 27.7 Å². The second kappa shape index (κ2) is 10.5. The Labute approximate surface area is 215 Å². The largest absolute Gasteiger partial charge is 0.469 e. The zero-order chi connectivity index (χ0) is 26.9. The van der Waals surface area contributed by atoms with Gasteiger partial charge in [0.25, 0.3) is 5.91 Å². The molecule has 0 spiro atoms. The molecule has 1 fully saturated rings. The fourth-order valence-electron chi connectivity index (χ4n) is 4.86. The number of amides is 1. The van der Waals surface area contributed by atoms with Crippen molar-refractivity contribution in [2.24, 2.45) is 5.92 Å². The molecule has 1 aliphatic rings. The van der Waals surface area contributed by atoms with Crippen molar-refractivity contribution in [1.29, 1.82) is 0 Å². The highest BCUT2D eigenvalue weighted by molar-refractivity contribution is 7.92. The maximum Gasteiger partial charge on any atom is 0.309 e. The molecule has 2 N–H and O–H groups in total. The minimum Gasteiger partial charge on any atom is -0.469 e. The summed E-state index contributed by atoms with van der Waals surface area (Å²) in [6, 6.07) is 8.89. The monoisotopic (exact) mass is 531 g/mol. The number of methoxy groups -OCH3 is 1. The van der Waals surface area contributed by atoms with E-state index in [1.54, 1.807) is 12.1 Å². The van der Waals surface area contributed by atoms with Gasteiger partial charge in [-0.2, -0.15) is 0 Å². The molecule has 0 aliphatic carbocycles. The maximum absolute atomic E-state index is 13.6. The maximum atomic E-state index is 13.6. The molecule has 37 heavy (non-hydrogen) atoms. The molecule has 1 saturated heterocycles. The van der Waals surface area contributed by atoms with Crippen LogP contribution in [0.25, 0.3) is 22.3 Å². The zero-order valence-electron chi connectivity index (χ0n) is 21.1. The minimum absolute atomic E-state index is 0.137. The molecule has 1 aromatic heterocycles. The summed E-state index contributed by atoms with van der Waals surface area (Å²) in [5.74, 6) is -1.69. The summed E-state index contributed by atoms with van der Waals surface area (Å²) in [6.45, 7) is 2.62. The Morgan fingerprint density at radius 2 is 1.89 bits per heavy atom. The summed E-state index contributed by atoms with van der Waals surface area (Å²) >= 11 is 0. The highest BCUT2D eigenvalue weighted by atomic mass is 32.2. The number of hydrogen-bond donors (Lipinski definition) is 2. The number of fused-ring (bicyclic) bond motifs is 1. The number of likely N-dealkylation sites (tertiary alicyclic amines) is 1. The van der Waals surface area contributed by atoms with Crippen molar-refractivity contribution in [2.45, 2.75) is 19.3 Å². The van der Waals surface area contributed by atoms with Crippen LogP contribution in [-0.2, 0) is 19.6 Å². The van der Waals surface area contributed by atoms with Crippen LogP contribution in [0.1, 0.15) is 35.2 Å². The topological polar surface area (TPSA) is 118 Å². The van der Waals surface area contributed by atoms with Gasteiger partial charge in [-0.3, -0.25) is 14.3 Å². The number of hydrogen-bond acceptors (Lipinski definition) is 7. The molecule has 0 saturated carbocycles. The first kappa shape index (κ1) is 26.6. The van der Waals surface area contributed by atoms with Crippen LogP contribution in [-0.4, -0.2) is 65.2 Å². The fourth-order valence-corrected chi connectivity index (χ4v) is 5.52. The van der Waals surface area contributed by atoms with Crippen molar-refractivity contribution in [3.8, 4) is 11.3 Å². The van der Waals surface area contributed by atoms with Gasteiger partial charge in [-0.25, -0.2) is 12.8 Å². The van der Waals surface area contributed by atoms with Crippen molar-refractivity contribution < 1.29 is 31.6 Å². The van der Waals surface area contributed by atoms with Crippen LogP contribution < -0.4 is 10.0 Å². The Kier molecular flexibility index (Phi) is 7.56. The lowest BCUT2D eigenvalue weighted by atomic mass is 9.83. The molecule has 1 amide bonds. The number of likely N-dealkylation sites (N-methyl/N-ethyl adjacent to an activating group) is 1. The average Bonchev–Trinajstić information content (AvgIpc) is 3.25. The molecule has 0 radical (unpaired) electrons. The minimum atomic E-state index is -3.65. The Morgan fingerprint density at radius 3 is 2.51 bits per heavy atom. The number of piperidine rings is 1. The van der Waals surface area contributed by atoms with Gasteiger partial charge in [0, 0.05) is 37.2 Å². The third-order valence-corrected chi connectivity index (χ3v) is 7.96.